The minimum atomic E-state index is 0.417. The fraction of sp³-hybridized carbons (Fsp3) is 0.217. The average molecular weight is 461 g/mol. The number of nitrogens with one attached hydrogen (secondary N) is 1. The number of hydrogen-bond acceptors (Lipinski definition) is 3. The van der Waals surface area contributed by atoms with Crippen LogP contribution in [-0.4, -0.2) is 6.61 Å². The van der Waals surface area contributed by atoms with Crippen LogP contribution in [0.1, 0.15) is 23.6 Å². The number of rotatable bonds is 8. The SMILES string of the molecule is CCOc1cc(CNc2ccccc2C)cc(Br)c1OCc1cccc(Cl)c1. The van der Waals surface area contributed by atoms with Gasteiger partial charge in [0.25, 0.3) is 0 Å². The van der Waals surface area contributed by atoms with Gasteiger partial charge in [0, 0.05) is 17.3 Å². The van der Waals surface area contributed by atoms with Crippen LogP contribution in [0.5, 0.6) is 11.5 Å². The molecule has 0 saturated carbocycles. The topological polar surface area (TPSA) is 30.5 Å². The molecule has 0 aliphatic heterocycles. The zero-order valence-corrected chi connectivity index (χ0v) is 18.3. The highest BCUT2D eigenvalue weighted by atomic mass is 79.9. The van der Waals surface area contributed by atoms with Gasteiger partial charge in [0.05, 0.1) is 11.1 Å². The molecular formula is C23H23BrClNO2. The molecule has 0 unspecified atom stereocenters. The van der Waals surface area contributed by atoms with Gasteiger partial charge >= 0.3 is 0 Å². The van der Waals surface area contributed by atoms with Crippen molar-refractivity contribution in [2.24, 2.45) is 0 Å². The van der Waals surface area contributed by atoms with Crippen LogP contribution in [0.3, 0.4) is 0 Å². The van der Waals surface area contributed by atoms with Crippen molar-refractivity contribution in [3.05, 3.63) is 86.8 Å². The standard InChI is InChI=1S/C23H23BrClNO2/c1-3-27-22-13-18(14-26-21-10-5-4-7-16(21)2)12-20(24)23(22)28-15-17-8-6-9-19(25)11-17/h4-13,26H,3,14-15H2,1-2H3. The first kappa shape index (κ1) is 20.6. The van der Waals surface area contributed by atoms with Gasteiger partial charge in [0.15, 0.2) is 11.5 Å². The molecule has 0 aliphatic carbocycles. The van der Waals surface area contributed by atoms with E-state index in [0.717, 1.165) is 27.0 Å². The van der Waals surface area contributed by atoms with E-state index in [0.29, 0.717) is 30.5 Å². The summed E-state index contributed by atoms with van der Waals surface area (Å²) in [6.45, 7) is 5.73. The zero-order chi connectivity index (χ0) is 19.9. The molecule has 0 aliphatic rings. The van der Waals surface area contributed by atoms with Crippen LogP contribution in [0.4, 0.5) is 5.69 Å². The molecule has 1 N–H and O–H groups in total. The number of para-hydroxylation sites is 1. The predicted molar refractivity (Wildman–Crippen MR) is 120 cm³/mol. The summed E-state index contributed by atoms with van der Waals surface area (Å²) in [5.41, 5.74) is 4.45. The lowest BCUT2D eigenvalue weighted by Gasteiger charge is -2.16. The quantitative estimate of drug-likeness (QED) is 0.392. The summed E-state index contributed by atoms with van der Waals surface area (Å²) in [7, 11) is 0. The Balaban J connectivity index is 1.76. The third kappa shape index (κ3) is 5.43. The van der Waals surface area contributed by atoms with E-state index in [-0.39, 0.29) is 0 Å². The molecule has 0 saturated heterocycles. The number of hydrogen-bond donors (Lipinski definition) is 1. The Morgan fingerprint density at radius 1 is 0.964 bits per heavy atom. The van der Waals surface area contributed by atoms with Crippen LogP contribution in [0.25, 0.3) is 0 Å². The molecule has 28 heavy (non-hydrogen) atoms. The highest BCUT2D eigenvalue weighted by Gasteiger charge is 2.13. The normalized spacial score (nSPS) is 10.6. The van der Waals surface area contributed by atoms with Crippen molar-refractivity contribution in [1.82, 2.24) is 0 Å². The highest BCUT2D eigenvalue weighted by molar-refractivity contribution is 9.10. The molecular weight excluding hydrogens is 438 g/mol. The van der Waals surface area contributed by atoms with Crippen molar-refractivity contribution in [2.45, 2.75) is 27.0 Å². The van der Waals surface area contributed by atoms with E-state index in [9.17, 15) is 0 Å². The molecule has 146 valence electrons. The molecule has 0 spiro atoms. The zero-order valence-electron chi connectivity index (χ0n) is 16.0. The van der Waals surface area contributed by atoms with Crippen LogP contribution >= 0.6 is 27.5 Å². The number of ether oxygens (including phenoxy) is 2. The Morgan fingerprint density at radius 3 is 2.54 bits per heavy atom. The smallest absolute Gasteiger partial charge is 0.175 e. The van der Waals surface area contributed by atoms with E-state index in [1.165, 1.54) is 5.56 Å². The molecule has 0 heterocycles. The number of anilines is 1. The Labute approximate surface area is 179 Å². The van der Waals surface area contributed by atoms with E-state index >= 15 is 0 Å². The van der Waals surface area contributed by atoms with E-state index in [1.807, 2.05) is 49.4 Å². The first-order valence-electron chi connectivity index (χ1n) is 9.18. The number of benzene rings is 3. The second-order valence-electron chi connectivity index (χ2n) is 6.42. The van der Waals surface area contributed by atoms with Gasteiger partial charge in [-0.05, 0) is 76.8 Å². The van der Waals surface area contributed by atoms with Crippen LogP contribution in [0.15, 0.2) is 65.1 Å². The Hall–Kier alpha value is -2.17. The van der Waals surface area contributed by atoms with Gasteiger partial charge in [-0.3, -0.25) is 0 Å². The fourth-order valence-corrected chi connectivity index (χ4v) is 3.69. The van der Waals surface area contributed by atoms with Crippen molar-refractivity contribution in [2.75, 3.05) is 11.9 Å². The number of halogens is 2. The van der Waals surface area contributed by atoms with Crippen LogP contribution in [-0.2, 0) is 13.2 Å². The summed E-state index contributed by atoms with van der Waals surface area (Å²) in [6, 6.07) is 20.0. The maximum absolute atomic E-state index is 6.06. The van der Waals surface area contributed by atoms with Gasteiger partial charge in [-0.2, -0.15) is 0 Å². The molecule has 3 aromatic carbocycles. The average Bonchev–Trinajstić information content (AvgIpc) is 2.67. The third-order valence-corrected chi connectivity index (χ3v) is 5.09. The molecule has 0 radical (unpaired) electrons. The summed E-state index contributed by atoms with van der Waals surface area (Å²) < 4.78 is 12.7. The highest BCUT2D eigenvalue weighted by Crippen LogP contribution is 2.38. The summed E-state index contributed by atoms with van der Waals surface area (Å²) in [4.78, 5) is 0. The second kappa shape index (κ2) is 9.85. The van der Waals surface area contributed by atoms with Crippen molar-refractivity contribution in [1.29, 1.82) is 0 Å². The van der Waals surface area contributed by atoms with E-state index in [1.54, 1.807) is 0 Å². The van der Waals surface area contributed by atoms with Gasteiger partial charge in [-0.1, -0.05) is 41.9 Å². The maximum atomic E-state index is 6.06. The van der Waals surface area contributed by atoms with Gasteiger partial charge in [0.1, 0.15) is 6.61 Å². The van der Waals surface area contributed by atoms with Crippen LogP contribution in [0.2, 0.25) is 5.02 Å². The van der Waals surface area contributed by atoms with E-state index in [2.05, 4.69) is 46.4 Å². The molecule has 0 fully saturated rings. The number of aryl methyl sites for hydroxylation is 1. The van der Waals surface area contributed by atoms with Crippen molar-refractivity contribution in [3.63, 3.8) is 0 Å². The third-order valence-electron chi connectivity index (χ3n) is 4.27. The molecule has 0 atom stereocenters. The predicted octanol–water partition coefficient (Wildman–Crippen LogP) is 7.00. The van der Waals surface area contributed by atoms with Crippen LogP contribution in [0, 0.1) is 6.92 Å². The monoisotopic (exact) mass is 459 g/mol. The van der Waals surface area contributed by atoms with Gasteiger partial charge in [0.2, 0.25) is 0 Å². The molecule has 3 rings (SSSR count). The minimum absolute atomic E-state index is 0.417. The molecule has 0 amide bonds. The Morgan fingerprint density at radius 2 is 1.79 bits per heavy atom. The maximum Gasteiger partial charge on any atom is 0.175 e. The first-order valence-corrected chi connectivity index (χ1v) is 10.4. The fourth-order valence-electron chi connectivity index (χ4n) is 2.88. The van der Waals surface area contributed by atoms with Crippen molar-refractivity contribution < 1.29 is 9.47 Å². The Bertz CT molecular complexity index is 946. The van der Waals surface area contributed by atoms with Crippen molar-refractivity contribution >= 4 is 33.2 Å². The lowest BCUT2D eigenvalue weighted by molar-refractivity contribution is 0.267. The van der Waals surface area contributed by atoms with Gasteiger partial charge in [-0.25, -0.2) is 0 Å². The van der Waals surface area contributed by atoms with E-state index in [4.69, 9.17) is 21.1 Å². The lowest BCUT2D eigenvalue weighted by Crippen LogP contribution is -2.04. The van der Waals surface area contributed by atoms with E-state index < -0.39 is 0 Å². The first-order chi connectivity index (χ1) is 13.6. The van der Waals surface area contributed by atoms with Gasteiger partial charge < -0.3 is 14.8 Å². The van der Waals surface area contributed by atoms with Gasteiger partial charge in [-0.15, -0.1) is 0 Å². The Kier molecular flexibility index (Phi) is 7.24. The second-order valence-corrected chi connectivity index (χ2v) is 7.72. The summed E-state index contributed by atoms with van der Waals surface area (Å²) in [6.07, 6.45) is 0. The summed E-state index contributed by atoms with van der Waals surface area (Å²) >= 11 is 9.70. The largest absolute Gasteiger partial charge is 0.490 e. The molecule has 5 heteroatoms. The summed E-state index contributed by atoms with van der Waals surface area (Å²) in [5.74, 6) is 1.42. The lowest BCUT2D eigenvalue weighted by atomic mass is 10.1. The molecule has 0 bridgehead atoms. The molecule has 3 aromatic rings. The van der Waals surface area contributed by atoms with Crippen molar-refractivity contribution in [3.8, 4) is 11.5 Å². The minimum Gasteiger partial charge on any atom is -0.490 e. The molecule has 0 aromatic heterocycles. The molecule has 3 nitrogen and oxygen atoms in total. The van der Waals surface area contributed by atoms with Crippen LogP contribution < -0.4 is 14.8 Å². The summed E-state index contributed by atoms with van der Waals surface area (Å²) in [5, 5.41) is 4.17.